The van der Waals surface area contributed by atoms with E-state index in [4.69, 9.17) is 0 Å². The van der Waals surface area contributed by atoms with Crippen molar-refractivity contribution in [3.8, 4) is 0 Å². The van der Waals surface area contributed by atoms with Crippen molar-refractivity contribution in [2.45, 2.75) is 64.8 Å². The van der Waals surface area contributed by atoms with Gasteiger partial charge in [-0.25, -0.2) is 8.42 Å². The molecule has 20 heavy (non-hydrogen) atoms. The summed E-state index contributed by atoms with van der Waals surface area (Å²) in [6.45, 7) is 12.8. The van der Waals surface area contributed by atoms with Crippen LogP contribution >= 0.6 is 0 Å². The fraction of sp³-hybridized carbons (Fsp3) is 1.00. The van der Waals surface area contributed by atoms with Crippen LogP contribution in [-0.4, -0.2) is 56.0 Å². The first kappa shape index (κ1) is 17.9. The van der Waals surface area contributed by atoms with Gasteiger partial charge in [-0.1, -0.05) is 27.2 Å². The molecular formula is C15H32N2O2S. The third kappa shape index (κ3) is 5.01. The van der Waals surface area contributed by atoms with E-state index in [2.05, 4.69) is 31.0 Å². The maximum Gasteiger partial charge on any atom is 0.153 e. The van der Waals surface area contributed by atoms with Gasteiger partial charge in [-0.05, 0) is 26.2 Å². The number of piperazine rings is 1. The summed E-state index contributed by atoms with van der Waals surface area (Å²) < 4.78 is 24.0. The highest BCUT2D eigenvalue weighted by Gasteiger charge is 2.30. The van der Waals surface area contributed by atoms with E-state index < -0.39 is 9.84 Å². The molecular weight excluding hydrogens is 272 g/mol. The van der Waals surface area contributed by atoms with Crippen LogP contribution in [0.1, 0.15) is 47.5 Å². The Kier molecular flexibility index (Phi) is 6.95. The van der Waals surface area contributed by atoms with Gasteiger partial charge in [0.2, 0.25) is 0 Å². The molecule has 0 spiro atoms. The molecule has 1 saturated heterocycles. The van der Waals surface area contributed by atoms with Crippen LogP contribution in [0.25, 0.3) is 0 Å². The van der Waals surface area contributed by atoms with Gasteiger partial charge in [-0.15, -0.1) is 0 Å². The molecule has 1 rings (SSSR count). The lowest BCUT2D eigenvalue weighted by Gasteiger charge is -2.42. The molecule has 0 radical (unpaired) electrons. The summed E-state index contributed by atoms with van der Waals surface area (Å²) in [5.74, 6) is 0.832. The summed E-state index contributed by atoms with van der Waals surface area (Å²) in [6, 6.07) is 0.960. The number of rotatable bonds is 7. The van der Waals surface area contributed by atoms with Crippen LogP contribution in [0.4, 0.5) is 0 Å². The molecule has 1 N–H and O–H groups in total. The van der Waals surface area contributed by atoms with Crippen molar-refractivity contribution in [2.24, 2.45) is 5.92 Å². The van der Waals surface area contributed by atoms with E-state index in [-0.39, 0.29) is 11.0 Å². The first-order chi connectivity index (χ1) is 9.27. The van der Waals surface area contributed by atoms with Crippen molar-refractivity contribution >= 4 is 9.84 Å². The molecule has 1 aliphatic heterocycles. The summed E-state index contributed by atoms with van der Waals surface area (Å²) in [5, 5.41) is 3.34. The monoisotopic (exact) mass is 304 g/mol. The molecule has 0 aromatic heterocycles. The van der Waals surface area contributed by atoms with Crippen molar-refractivity contribution in [1.82, 2.24) is 10.2 Å². The van der Waals surface area contributed by atoms with Crippen LogP contribution in [0.3, 0.4) is 0 Å². The number of nitrogens with zero attached hydrogens (tertiary/aromatic N) is 1. The maximum atomic E-state index is 12.0. The minimum atomic E-state index is -2.94. The van der Waals surface area contributed by atoms with Crippen molar-refractivity contribution in [1.29, 1.82) is 0 Å². The molecule has 0 saturated carbocycles. The normalized spacial score (nSPS) is 25.6. The Balaban J connectivity index is 2.65. The summed E-state index contributed by atoms with van der Waals surface area (Å²) in [5.41, 5.74) is 0. The van der Waals surface area contributed by atoms with E-state index in [1.807, 2.05) is 0 Å². The van der Waals surface area contributed by atoms with Crippen LogP contribution < -0.4 is 5.32 Å². The van der Waals surface area contributed by atoms with Gasteiger partial charge in [0, 0.05) is 31.7 Å². The zero-order valence-corrected chi connectivity index (χ0v) is 14.5. The van der Waals surface area contributed by atoms with Crippen molar-refractivity contribution in [3.63, 3.8) is 0 Å². The van der Waals surface area contributed by atoms with E-state index in [0.717, 1.165) is 19.5 Å². The quantitative estimate of drug-likeness (QED) is 0.780. The fourth-order valence-electron chi connectivity index (χ4n) is 2.84. The molecule has 0 aromatic carbocycles. The molecule has 120 valence electrons. The van der Waals surface area contributed by atoms with Gasteiger partial charge in [0.05, 0.1) is 11.0 Å². The predicted octanol–water partition coefficient (Wildman–Crippen LogP) is 1.91. The molecule has 4 nitrogen and oxygen atoms in total. The summed E-state index contributed by atoms with van der Waals surface area (Å²) in [6.07, 6.45) is 2.33. The first-order valence-electron chi connectivity index (χ1n) is 7.97. The lowest BCUT2D eigenvalue weighted by molar-refractivity contribution is 0.102. The van der Waals surface area contributed by atoms with E-state index >= 15 is 0 Å². The summed E-state index contributed by atoms with van der Waals surface area (Å²) in [4.78, 5) is 2.39. The topological polar surface area (TPSA) is 49.4 Å². The predicted molar refractivity (Wildman–Crippen MR) is 85.8 cm³/mol. The second-order valence-corrected chi connectivity index (χ2v) is 9.29. The molecule has 1 fully saturated rings. The number of hydrogen-bond donors (Lipinski definition) is 1. The number of nitrogens with one attached hydrogen (secondary N) is 1. The number of hydrogen-bond acceptors (Lipinski definition) is 4. The van der Waals surface area contributed by atoms with Gasteiger partial charge < -0.3 is 5.32 Å². The highest BCUT2D eigenvalue weighted by atomic mass is 32.2. The minimum Gasteiger partial charge on any atom is -0.311 e. The lowest BCUT2D eigenvalue weighted by Crippen LogP contribution is -2.59. The van der Waals surface area contributed by atoms with Crippen LogP contribution in [0.15, 0.2) is 0 Å². The second kappa shape index (κ2) is 7.76. The summed E-state index contributed by atoms with van der Waals surface area (Å²) in [7, 11) is -2.94. The zero-order valence-electron chi connectivity index (χ0n) is 13.7. The molecule has 0 amide bonds. The van der Waals surface area contributed by atoms with Gasteiger partial charge in [0.15, 0.2) is 9.84 Å². The minimum absolute atomic E-state index is 0.269. The summed E-state index contributed by atoms with van der Waals surface area (Å²) >= 11 is 0. The standard InChI is InChI=1S/C15H32N2O2S/c1-6-7-14-11-17(15(10-16-14)12(2)3)8-9-20(18,19)13(4)5/h12-16H,6-11H2,1-5H3. The molecule has 5 heteroatoms. The molecule has 2 atom stereocenters. The van der Waals surface area contributed by atoms with Crippen LogP contribution in [0, 0.1) is 5.92 Å². The van der Waals surface area contributed by atoms with E-state index in [9.17, 15) is 8.42 Å². The van der Waals surface area contributed by atoms with Gasteiger partial charge in [0.25, 0.3) is 0 Å². The Morgan fingerprint density at radius 2 is 1.90 bits per heavy atom. The molecule has 2 unspecified atom stereocenters. The average Bonchev–Trinajstić information content (AvgIpc) is 2.36. The first-order valence-corrected chi connectivity index (χ1v) is 9.68. The maximum absolute atomic E-state index is 12.0. The zero-order chi connectivity index (χ0) is 15.3. The number of sulfone groups is 1. The Morgan fingerprint density at radius 3 is 2.40 bits per heavy atom. The average molecular weight is 305 g/mol. The third-order valence-corrected chi connectivity index (χ3v) is 6.52. The van der Waals surface area contributed by atoms with E-state index in [1.165, 1.54) is 6.42 Å². The van der Waals surface area contributed by atoms with E-state index in [0.29, 0.717) is 24.5 Å². The molecule has 1 heterocycles. The highest BCUT2D eigenvalue weighted by molar-refractivity contribution is 7.92. The van der Waals surface area contributed by atoms with Crippen LogP contribution in [-0.2, 0) is 9.84 Å². The van der Waals surface area contributed by atoms with E-state index in [1.54, 1.807) is 13.8 Å². The fourth-order valence-corrected chi connectivity index (χ4v) is 3.80. The molecule has 0 aliphatic carbocycles. The van der Waals surface area contributed by atoms with Crippen molar-refractivity contribution in [2.75, 3.05) is 25.4 Å². The Morgan fingerprint density at radius 1 is 1.25 bits per heavy atom. The Hall–Kier alpha value is -0.130. The molecule has 1 aliphatic rings. The largest absolute Gasteiger partial charge is 0.311 e. The van der Waals surface area contributed by atoms with Crippen LogP contribution in [0.2, 0.25) is 0 Å². The Labute approximate surface area is 125 Å². The highest BCUT2D eigenvalue weighted by Crippen LogP contribution is 2.17. The smallest absolute Gasteiger partial charge is 0.153 e. The Bertz CT molecular complexity index is 379. The molecule has 0 bridgehead atoms. The van der Waals surface area contributed by atoms with Gasteiger partial charge in [-0.3, -0.25) is 4.90 Å². The van der Waals surface area contributed by atoms with Crippen molar-refractivity contribution in [3.05, 3.63) is 0 Å². The van der Waals surface area contributed by atoms with Gasteiger partial charge in [0.1, 0.15) is 0 Å². The molecule has 0 aromatic rings. The SMILES string of the molecule is CCCC1CN(CCS(=O)(=O)C(C)C)C(C(C)C)CN1. The van der Waals surface area contributed by atoms with Gasteiger partial charge in [-0.2, -0.15) is 0 Å². The third-order valence-electron chi connectivity index (χ3n) is 4.33. The second-order valence-electron chi connectivity index (χ2n) is 6.62. The van der Waals surface area contributed by atoms with Crippen molar-refractivity contribution < 1.29 is 8.42 Å². The lowest BCUT2D eigenvalue weighted by atomic mass is 9.97. The van der Waals surface area contributed by atoms with Gasteiger partial charge >= 0.3 is 0 Å². The van der Waals surface area contributed by atoms with Crippen LogP contribution in [0.5, 0.6) is 0 Å².